The molecule has 3 heteroatoms. The zero-order chi connectivity index (χ0) is 13.5. The Bertz CT molecular complexity index is 413. The first kappa shape index (κ1) is 13.8. The van der Waals surface area contributed by atoms with Gasteiger partial charge in [0.1, 0.15) is 6.10 Å². The molecule has 102 valence electrons. The predicted molar refractivity (Wildman–Crippen MR) is 74.1 cm³/mol. The Morgan fingerprint density at radius 3 is 2.74 bits per heavy atom. The van der Waals surface area contributed by atoms with E-state index in [2.05, 4.69) is 6.58 Å². The summed E-state index contributed by atoms with van der Waals surface area (Å²) in [6.45, 7) is 4.20. The highest BCUT2D eigenvalue weighted by molar-refractivity contribution is 5.89. The van der Waals surface area contributed by atoms with Gasteiger partial charge in [0.25, 0.3) is 0 Å². The quantitative estimate of drug-likeness (QED) is 0.601. The molecule has 2 atom stereocenters. The van der Waals surface area contributed by atoms with Crippen LogP contribution in [0.2, 0.25) is 0 Å². The van der Waals surface area contributed by atoms with Crippen molar-refractivity contribution < 1.29 is 14.3 Å². The Labute approximate surface area is 114 Å². The SMILES string of the molecule is C=CCO[C@@H]1CCC[C@H](OC(=O)c2ccccc2)C1. The van der Waals surface area contributed by atoms with E-state index < -0.39 is 0 Å². The number of carbonyl (C=O) groups is 1. The summed E-state index contributed by atoms with van der Waals surface area (Å²) in [5.74, 6) is -0.241. The van der Waals surface area contributed by atoms with Crippen molar-refractivity contribution in [2.45, 2.75) is 37.9 Å². The van der Waals surface area contributed by atoms with Gasteiger partial charge in [0.2, 0.25) is 0 Å². The molecular formula is C16H20O3. The van der Waals surface area contributed by atoms with Crippen molar-refractivity contribution in [1.82, 2.24) is 0 Å². The van der Waals surface area contributed by atoms with Crippen LogP contribution >= 0.6 is 0 Å². The second kappa shape index (κ2) is 7.10. The number of hydrogen-bond acceptors (Lipinski definition) is 3. The minimum Gasteiger partial charge on any atom is -0.459 e. The summed E-state index contributed by atoms with van der Waals surface area (Å²) in [4.78, 5) is 12.0. The van der Waals surface area contributed by atoms with Crippen LogP contribution in [0.15, 0.2) is 43.0 Å². The van der Waals surface area contributed by atoms with Gasteiger partial charge in [0.05, 0.1) is 18.3 Å². The largest absolute Gasteiger partial charge is 0.459 e. The first-order chi connectivity index (χ1) is 9.29. The van der Waals surface area contributed by atoms with Crippen LogP contribution in [-0.4, -0.2) is 24.8 Å². The maximum Gasteiger partial charge on any atom is 0.338 e. The molecule has 1 saturated carbocycles. The van der Waals surface area contributed by atoms with Crippen molar-refractivity contribution in [3.63, 3.8) is 0 Å². The second-order valence-corrected chi connectivity index (χ2v) is 4.80. The van der Waals surface area contributed by atoms with Crippen LogP contribution < -0.4 is 0 Å². The lowest BCUT2D eigenvalue weighted by Crippen LogP contribution is -2.30. The zero-order valence-electron chi connectivity index (χ0n) is 11.1. The fourth-order valence-corrected chi connectivity index (χ4v) is 2.36. The Morgan fingerprint density at radius 2 is 2.00 bits per heavy atom. The minimum absolute atomic E-state index is 0.0312. The highest BCUT2D eigenvalue weighted by Gasteiger charge is 2.25. The molecule has 1 fully saturated rings. The fraction of sp³-hybridized carbons (Fsp3) is 0.438. The molecule has 0 aliphatic heterocycles. The Hall–Kier alpha value is -1.61. The van der Waals surface area contributed by atoms with Crippen molar-refractivity contribution >= 4 is 5.97 Å². The van der Waals surface area contributed by atoms with E-state index in [1.807, 2.05) is 18.2 Å². The van der Waals surface area contributed by atoms with Gasteiger partial charge in [-0.1, -0.05) is 24.3 Å². The lowest BCUT2D eigenvalue weighted by Gasteiger charge is -2.28. The lowest BCUT2D eigenvalue weighted by atomic mass is 9.95. The third-order valence-corrected chi connectivity index (χ3v) is 3.31. The molecule has 0 saturated heterocycles. The molecule has 0 spiro atoms. The van der Waals surface area contributed by atoms with Crippen LogP contribution in [0, 0.1) is 0 Å². The van der Waals surface area contributed by atoms with Gasteiger partial charge in [-0.15, -0.1) is 6.58 Å². The summed E-state index contributed by atoms with van der Waals surface area (Å²) >= 11 is 0. The summed E-state index contributed by atoms with van der Waals surface area (Å²) in [5, 5.41) is 0. The standard InChI is InChI=1S/C16H20O3/c1-2-11-18-14-9-6-10-15(12-14)19-16(17)13-7-4-3-5-8-13/h2-5,7-8,14-15H,1,6,9-12H2/t14-,15+/m1/s1. The molecule has 0 unspecified atom stereocenters. The highest BCUT2D eigenvalue weighted by Crippen LogP contribution is 2.24. The molecule has 0 heterocycles. The minimum atomic E-state index is -0.241. The molecule has 1 aromatic carbocycles. The number of hydrogen-bond donors (Lipinski definition) is 0. The van der Waals surface area contributed by atoms with E-state index in [1.54, 1.807) is 18.2 Å². The third kappa shape index (κ3) is 4.21. The van der Waals surface area contributed by atoms with Crippen molar-refractivity contribution in [3.05, 3.63) is 48.6 Å². The Kier molecular flexibility index (Phi) is 5.16. The molecule has 0 bridgehead atoms. The smallest absolute Gasteiger partial charge is 0.338 e. The molecule has 3 nitrogen and oxygen atoms in total. The highest BCUT2D eigenvalue weighted by atomic mass is 16.5. The molecule has 0 aromatic heterocycles. The molecule has 1 aliphatic rings. The van der Waals surface area contributed by atoms with E-state index in [0.29, 0.717) is 12.2 Å². The predicted octanol–water partition coefficient (Wildman–Crippen LogP) is 3.36. The molecule has 0 N–H and O–H groups in total. The summed E-state index contributed by atoms with van der Waals surface area (Å²) in [6.07, 6.45) is 5.68. The first-order valence-corrected chi connectivity index (χ1v) is 6.78. The summed E-state index contributed by atoms with van der Waals surface area (Å²) in [5.41, 5.74) is 0.608. The van der Waals surface area contributed by atoms with E-state index in [9.17, 15) is 4.79 Å². The lowest BCUT2D eigenvalue weighted by molar-refractivity contribution is -0.0229. The van der Waals surface area contributed by atoms with E-state index in [0.717, 1.165) is 25.7 Å². The molecule has 0 amide bonds. The van der Waals surface area contributed by atoms with Gasteiger partial charge in [0.15, 0.2) is 0 Å². The normalized spacial score (nSPS) is 22.7. The maximum absolute atomic E-state index is 12.0. The zero-order valence-corrected chi connectivity index (χ0v) is 11.1. The molecular weight excluding hydrogens is 240 g/mol. The summed E-state index contributed by atoms with van der Waals surface area (Å²) in [6, 6.07) is 9.12. The van der Waals surface area contributed by atoms with Crippen LogP contribution in [-0.2, 0) is 9.47 Å². The van der Waals surface area contributed by atoms with Gasteiger partial charge in [-0.3, -0.25) is 0 Å². The molecule has 1 aromatic rings. The first-order valence-electron chi connectivity index (χ1n) is 6.78. The fourth-order valence-electron chi connectivity index (χ4n) is 2.36. The van der Waals surface area contributed by atoms with Crippen molar-refractivity contribution in [1.29, 1.82) is 0 Å². The third-order valence-electron chi connectivity index (χ3n) is 3.31. The van der Waals surface area contributed by atoms with E-state index >= 15 is 0 Å². The van der Waals surface area contributed by atoms with Crippen LogP contribution in [0.5, 0.6) is 0 Å². The van der Waals surface area contributed by atoms with Gasteiger partial charge < -0.3 is 9.47 Å². The summed E-state index contributed by atoms with van der Waals surface area (Å²) < 4.78 is 11.2. The Balaban J connectivity index is 1.85. The van der Waals surface area contributed by atoms with Crippen molar-refractivity contribution in [2.75, 3.05) is 6.61 Å². The average molecular weight is 260 g/mol. The van der Waals surface area contributed by atoms with E-state index in [1.165, 1.54) is 0 Å². The van der Waals surface area contributed by atoms with Gasteiger partial charge in [-0.25, -0.2) is 4.79 Å². The maximum atomic E-state index is 12.0. The van der Waals surface area contributed by atoms with Gasteiger partial charge in [-0.2, -0.15) is 0 Å². The average Bonchev–Trinajstić information content (AvgIpc) is 2.46. The number of esters is 1. The molecule has 19 heavy (non-hydrogen) atoms. The number of benzene rings is 1. The number of carbonyl (C=O) groups excluding carboxylic acids is 1. The molecule has 1 aliphatic carbocycles. The van der Waals surface area contributed by atoms with Crippen LogP contribution in [0.3, 0.4) is 0 Å². The van der Waals surface area contributed by atoms with Gasteiger partial charge in [-0.05, 0) is 31.4 Å². The van der Waals surface area contributed by atoms with E-state index in [-0.39, 0.29) is 18.2 Å². The van der Waals surface area contributed by atoms with Gasteiger partial charge in [0, 0.05) is 6.42 Å². The summed E-state index contributed by atoms with van der Waals surface area (Å²) in [7, 11) is 0. The van der Waals surface area contributed by atoms with E-state index in [4.69, 9.17) is 9.47 Å². The van der Waals surface area contributed by atoms with Gasteiger partial charge >= 0.3 is 5.97 Å². The van der Waals surface area contributed by atoms with Crippen molar-refractivity contribution in [2.24, 2.45) is 0 Å². The molecule has 2 rings (SSSR count). The number of rotatable bonds is 5. The second-order valence-electron chi connectivity index (χ2n) is 4.80. The van der Waals surface area contributed by atoms with Crippen LogP contribution in [0.25, 0.3) is 0 Å². The number of ether oxygens (including phenoxy) is 2. The Morgan fingerprint density at radius 1 is 1.26 bits per heavy atom. The monoisotopic (exact) mass is 260 g/mol. The van der Waals surface area contributed by atoms with Crippen LogP contribution in [0.4, 0.5) is 0 Å². The topological polar surface area (TPSA) is 35.5 Å². The van der Waals surface area contributed by atoms with Crippen LogP contribution in [0.1, 0.15) is 36.0 Å². The molecule has 0 radical (unpaired) electrons. The van der Waals surface area contributed by atoms with Crippen molar-refractivity contribution in [3.8, 4) is 0 Å².